The van der Waals surface area contributed by atoms with Crippen molar-refractivity contribution in [3.63, 3.8) is 0 Å². The second-order valence-electron chi connectivity index (χ2n) is 8.29. The van der Waals surface area contributed by atoms with Crippen LogP contribution in [-0.4, -0.2) is 95.0 Å². The Bertz CT molecular complexity index is 577. The molecule has 0 spiro atoms. The number of hydrogen-bond donors (Lipinski definition) is 0. The topological polar surface area (TPSA) is 49.7 Å². The third kappa shape index (κ3) is 4.11. The Morgan fingerprint density at radius 1 is 0.962 bits per heavy atom. The summed E-state index contributed by atoms with van der Waals surface area (Å²) in [5, 5.41) is 9.15. The number of nitrogens with zero attached hydrogens (tertiary/aromatic N) is 6. The van der Waals surface area contributed by atoms with E-state index in [-0.39, 0.29) is 0 Å². The summed E-state index contributed by atoms with van der Waals surface area (Å²) in [6.07, 6.45) is 5.14. The minimum Gasteiger partial charge on any atom is -0.379 e. The minimum absolute atomic E-state index is 0.527. The van der Waals surface area contributed by atoms with Crippen LogP contribution in [-0.2, 0) is 18.3 Å². The smallest absolute Gasteiger partial charge is 0.146 e. The van der Waals surface area contributed by atoms with Crippen molar-refractivity contribution in [1.29, 1.82) is 0 Å². The fourth-order valence-corrected chi connectivity index (χ4v) is 4.74. The summed E-state index contributed by atoms with van der Waals surface area (Å²) in [5.41, 5.74) is 0. The van der Waals surface area contributed by atoms with E-state index in [1.54, 1.807) is 0 Å². The van der Waals surface area contributed by atoms with Gasteiger partial charge in [-0.05, 0) is 52.4 Å². The highest BCUT2D eigenvalue weighted by atomic mass is 16.5. The molecular formula is C19H34N6O. The van der Waals surface area contributed by atoms with Crippen molar-refractivity contribution in [2.45, 2.75) is 44.2 Å². The van der Waals surface area contributed by atoms with Crippen LogP contribution in [0.5, 0.6) is 0 Å². The standard InChI is InChI=1S/C19H34N6O/c1-22-8-5-17(6-9-22)25-7-3-4-16(14-25)19-21-20-18(23(19)2)15-24-10-12-26-13-11-24/h16-17H,3-15H2,1-2H3/t16-/m0/s1. The lowest BCUT2D eigenvalue weighted by Crippen LogP contribution is -2.47. The molecule has 7 nitrogen and oxygen atoms in total. The maximum absolute atomic E-state index is 5.45. The molecule has 0 unspecified atom stereocenters. The molecule has 1 atom stereocenters. The van der Waals surface area contributed by atoms with Crippen LogP contribution in [0.25, 0.3) is 0 Å². The van der Waals surface area contributed by atoms with Crippen molar-refractivity contribution in [3.8, 4) is 0 Å². The molecule has 4 heterocycles. The van der Waals surface area contributed by atoms with Gasteiger partial charge in [0.1, 0.15) is 11.6 Å². The number of morpholine rings is 1. The van der Waals surface area contributed by atoms with E-state index < -0.39 is 0 Å². The van der Waals surface area contributed by atoms with E-state index in [1.165, 1.54) is 51.1 Å². The van der Waals surface area contributed by atoms with Crippen molar-refractivity contribution in [2.75, 3.05) is 59.5 Å². The molecule has 0 N–H and O–H groups in total. The van der Waals surface area contributed by atoms with E-state index >= 15 is 0 Å². The van der Waals surface area contributed by atoms with E-state index in [0.717, 1.165) is 51.3 Å². The Hall–Kier alpha value is -1.02. The molecule has 0 aliphatic carbocycles. The number of rotatable bonds is 4. The molecule has 0 saturated carbocycles. The van der Waals surface area contributed by atoms with E-state index in [1.807, 2.05) is 0 Å². The molecule has 0 aromatic carbocycles. The Kier molecular flexibility index (Phi) is 5.88. The lowest BCUT2D eigenvalue weighted by Gasteiger charge is -2.41. The second-order valence-corrected chi connectivity index (χ2v) is 8.29. The molecule has 3 saturated heterocycles. The van der Waals surface area contributed by atoms with Gasteiger partial charge in [0.15, 0.2) is 0 Å². The monoisotopic (exact) mass is 362 g/mol. The lowest BCUT2D eigenvalue weighted by molar-refractivity contribution is 0.0326. The van der Waals surface area contributed by atoms with E-state index in [4.69, 9.17) is 4.74 Å². The second kappa shape index (κ2) is 8.33. The van der Waals surface area contributed by atoms with Gasteiger partial charge in [0.25, 0.3) is 0 Å². The van der Waals surface area contributed by atoms with Gasteiger partial charge in [0.05, 0.1) is 19.8 Å². The lowest BCUT2D eigenvalue weighted by atomic mass is 9.93. The highest BCUT2D eigenvalue weighted by Crippen LogP contribution is 2.29. The van der Waals surface area contributed by atoms with Crippen LogP contribution >= 0.6 is 0 Å². The highest BCUT2D eigenvalue weighted by Gasteiger charge is 2.31. The minimum atomic E-state index is 0.527. The fraction of sp³-hybridized carbons (Fsp3) is 0.895. The summed E-state index contributed by atoms with van der Waals surface area (Å²) in [4.78, 5) is 7.61. The summed E-state index contributed by atoms with van der Waals surface area (Å²) in [7, 11) is 4.39. The van der Waals surface area contributed by atoms with Gasteiger partial charge >= 0.3 is 0 Å². The summed E-state index contributed by atoms with van der Waals surface area (Å²) >= 11 is 0. The third-order valence-electron chi connectivity index (χ3n) is 6.49. The molecule has 0 amide bonds. The van der Waals surface area contributed by atoms with E-state index in [0.29, 0.717) is 5.92 Å². The van der Waals surface area contributed by atoms with Gasteiger partial charge < -0.3 is 14.2 Å². The first kappa shape index (κ1) is 18.3. The molecule has 3 aliphatic rings. The fourth-order valence-electron chi connectivity index (χ4n) is 4.74. The van der Waals surface area contributed by atoms with Gasteiger partial charge in [-0.1, -0.05) is 0 Å². The van der Waals surface area contributed by atoms with Crippen LogP contribution < -0.4 is 0 Å². The quantitative estimate of drug-likeness (QED) is 0.794. The van der Waals surface area contributed by atoms with Gasteiger partial charge in [-0.15, -0.1) is 10.2 Å². The first-order chi connectivity index (χ1) is 12.7. The predicted octanol–water partition coefficient (Wildman–Crippen LogP) is 0.921. The maximum Gasteiger partial charge on any atom is 0.146 e. The van der Waals surface area contributed by atoms with Crippen molar-refractivity contribution in [3.05, 3.63) is 11.6 Å². The SMILES string of the molecule is CN1CCC(N2CCC[C@H](c3nnc(CN4CCOCC4)n3C)C2)CC1. The zero-order chi connectivity index (χ0) is 17.9. The molecule has 0 radical (unpaired) electrons. The summed E-state index contributed by atoms with van der Waals surface area (Å²) in [5.74, 6) is 2.81. The van der Waals surface area contributed by atoms with Crippen molar-refractivity contribution in [1.82, 2.24) is 29.5 Å². The summed E-state index contributed by atoms with van der Waals surface area (Å²) < 4.78 is 7.71. The number of ether oxygens (including phenoxy) is 1. The number of likely N-dealkylation sites (tertiary alicyclic amines) is 2. The first-order valence-electron chi connectivity index (χ1n) is 10.3. The average Bonchev–Trinajstić information content (AvgIpc) is 3.04. The molecular weight excluding hydrogens is 328 g/mol. The van der Waals surface area contributed by atoms with E-state index in [2.05, 4.69) is 43.6 Å². The zero-order valence-corrected chi connectivity index (χ0v) is 16.4. The predicted molar refractivity (Wildman–Crippen MR) is 101 cm³/mol. The van der Waals surface area contributed by atoms with Crippen molar-refractivity contribution >= 4 is 0 Å². The molecule has 3 fully saturated rings. The van der Waals surface area contributed by atoms with Crippen LogP contribution in [0.2, 0.25) is 0 Å². The van der Waals surface area contributed by atoms with E-state index in [9.17, 15) is 0 Å². The Morgan fingerprint density at radius 2 is 1.73 bits per heavy atom. The molecule has 146 valence electrons. The Labute approximate surface area is 157 Å². The summed E-state index contributed by atoms with van der Waals surface area (Å²) in [6, 6.07) is 0.759. The molecule has 7 heteroatoms. The Balaban J connectivity index is 1.39. The highest BCUT2D eigenvalue weighted by molar-refractivity contribution is 5.04. The van der Waals surface area contributed by atoms with Crippen LogP contribution in [0, 0.1) is 0 Å². The van der Waals surface area contributed by atoms with Gasteiger partial charge in [0.2, 0.25) is 0 Å². The maximum atomic E-state index is 5.45. The van der Waals surface area contributed by atoms with Gasteiger partial charge in [-0.25, -0.2) is 0 Å². The normalized spacial score (nSPS) is 27.8. The van der Waals surface area contributed by atoms with Gasteiger partial charge in [-0.3, -0.25) is 9.80 Å². The number of aromatic nitrogens is 3. The van der Waals surface area contributed by atoms with Crippen LogP contribution in [0.1, 0.15) is 43.3 Å². The molecule has 26 heavy (non-hydrogen) atoms. The van der Waals surface area contributed by atoms with Gasteiger partial charge in [0, 0.05) is 38.6 Å². The third-order valence-corrected chi connectivity index (χ3v) is 6.49. The number of piperidine rings is 2. The average molecular weight is 363 g/mol. The van der Waals surface area contributed by atoms with Gasteiger partial charge in [-0.2, -0.15) is 0 Å². The van der Waals surface area contributed by atoms with Crippen molar-refractivity contribution in [2.24, 2.45) is 7.05 Å². The van der Waals surface area contributed by atoms with Crippen LogP contribution in [0.15, 0.2) is 0 Å². The zero-order valence-electron chi connectivity index (χ0n) is 16.4. The Morgan fingerprint density at radius 3 is 2.50 bits per heavy atom. The molecule has 3 aliphatic heterocycles. The first-order valence-corrected chi connectivity index (χ1v) is 10.3. The largest absolute Gasteiger partial charge is 0.379 e. The van der Waals surface area contributed by atoms with Crippen molar-refractivity contribution < 1.29 is 4.74 Å². The summed E-state index contributed by atoms with van der Waals surface area (Å²) in [6.45, 7) is 9.42. The molecule has 1 aromatic rings. The van der Waals surface area contributed by atoms with Crippen LogP contribution in [0.4, 0.5) is 0 Å². The number of hydrogen-bond acceptors (Lipinski definition) is 6. The molecule has 4 rings (SSSR count). The van der Waals surface area contributed by atoms with Crippen LogP contribution in [0.3, 0.4) is 0 Å². The molecule has 0 bridgehead atoms. The molecule has 1 aromatic heterocycles.